The van der Waals surface area contributed by atoms with Crippen molar-refractivity contribution in [2.24, 2.45) is 0 Å². The molecule has 0 aliphatic heterocycles. The molecule has 1 aromatic heterocycles. The number of benzene rings is 1. The van der Waals surface area contributed by atoms with Crippen molar-refractivity contribution >= 4 is 34.3 Å². The van der Waals surface area contributed by atoms with E-state index in [-0.39, 0.29) is 33.2 Å². The molecule has 1 N–H and O–H groups in total. The quantitative estimate of drug-likeness (QED) is 0.522. The molecule has 9 heteroatoms. The molecule has 1 aromatic carbocycles. The van der Waals surface area contributed by atoms with Crippen molar-refractivity contribution in [3.63, 3.8) is 0 Å². The highest BCUT2D eigenvalue weighted by molar-refractivity contribution is 6.32. The summed E-state index contributed by atoms with van der Waals surface area (Å²) in [6, 6.07) is 1.28. The third-order valence-corrected chi connectivity index (χ3v) is 4.16. The van der Waals surface area contributed by atoms with Crippen LogP contribution in [0.1, 0.15) is 24.4 Å². The van der Waals surface area contributed by atoms with E-state index in [2.05, 4.69) is 4.74 Å². The molecule has 0 atom stereocenters. The number of fused-ring (bicyclic) bond motifs is 1. The SMILES string of the molecule is Cc1c(Cl)cc2c(=O)c(OC(=O)O)cn(C3CC3)c2c1[N+](=O)[O-]. The van der Waals surface area contributed by atoms with Crippen LogP contribution in [0.25, 0.3) is 10.9 Å². The Morgan fingerprint density at radius 1 is 1.52 bits per heavy atom. The first-order chi connectivity index (χ1) is 10.8. The molecular weight excluding hydrogens is 328 g/mol. The average molecular weight is 339 g/mol. The molecule has 2 aromatic rings. The number of nitrogens with zero attached hydrogens (tertiary/aromatic N) is 2. The minimum absolute atomic E-state index is 0.0297. The molecule has 1 fully saturated rings. The van der Waals surface area contributed by atoms with Gasteiger partial charge in [-0.25, -0.2) is 4.79 Å². The number of hydrogen-bond acceptors (Lipinski definition) is 5. The second-order valence-electron chi connectivity index (χ2n) is 5.31. The number of nitro benzene ring substituents is 1. The fourth-order valence-electron chi connectivity index (χ4n) is 2.57. The van der Waals surface area contributed by atoms with Crippen LogP contribution in [0.3, 0.4) is 0 Å². The van der Waals surface area contributed by atoms with Crippen molar-refractivity contribution < 1.29 is 19.6 Å². The number of aromatic nitrogens is 1. The van der Waals surface area contributed by atoms with Crippen molar-refractivity contribution in [3.05, 3.63) is 43.2 Å². The predicted molar refractivity (Wildman–Crippen MR) is 81.5 cm³/mol. The number of carboxylic acid groups (broad SMARTS) is 1. The van der Waals surface area contributed by atoms with Gasteiger partial charge in [0, 0.05) is 11.6 Å². The molecule has 0 bridgehead atoms. The number of carbonyl (C=O) groups is 1. The van der Waals surface area contributed by atoms with Crippen LogP contribution in [0, 0.1) is 17.0 Å². The van der Waals surface area contributed by atoms with Crippen LogP contribution in [-0.2, 0) is 0 Å². The van der Waals surface area contributed by atoms with Crippen LogP contribution in [-0.4, -0.2) is 20.8 Å². The van der Waals surface area contributed by atoms with Gasteiger partial charge in [-0.1, -0.05) is 11.6 Å². The number of rotatable bonds is 3. The van der Waals surface area contributed by atoms with E-state index in [1.54, 1.807) is 0 Å². The van der Waals surface area contributed by atoms with Crippen LogP contribution in [0.5, 0.6) is 5.75 Å². The van der Waals surface area contributed by atoms with E-state index in [1.165, 1.54) is 23.8 Å². The van der Waals surface area contributed by atoms with E-state index < -0.39 is 22.3 Å². The number of pyridine rings is 1. The van der Waals surface area contributed by atoms with E-state index in [0.717, 1.165) is 12.8 Å². The van der Waals surface area contributed by atoms with E-state index in [1.807, 2.05) is 0 Å². The summed E-state index contributed by atoms with van der Waals surface area (Å²) in [7, 11) is 0. The van der Waals surface area contributed by atoms with Gasteiger partial charge in [0.05, 0.1) is 21.5 Å². The predicted octanol–water partition coefficient (Wildman–Crippen LogP) is 3.26. The van der Waals surface area contributed by atoms with E-state index in [0.29, 0.717) is 0 Å². The van der Waals surface area contributed by atoms with Crippen molar-refractivity contribution in [1.82, 2.24) is 4.57 Å². The number of nitro groups is 1. The Bertz CT molecular complexity index is 916. The Morgan fingerprint density at radius 3 is 2.70 bits per heavy atom. The second kappa shape index (κ2) is 5.24. The first-order valence-corrected chi connectivity index (χ1v) is 7.12. The van der Waals surface area contributed by atoms with Gasteiger partial charge in [0.1, 0.15) is 5.52 Å². The summed E-state index contributed by atoms with van der Waals surface area (Å²) in [5.74, 6) is -0.397. The van der Waals surface area contributed by atoms with Crippen molar-refractivity contribution in [1.29, 1.82) is 0 Å². The first kappa shape index (κ1) is 15.3. The number of ether oxygens (including phenoxy) is 1. The lowest BCUT2D eigenvalue weighted by molar-refractivity contribution is -0.383. The molecule has 1 aliphatic rings. The van der Waals surface area contributed by atoms with Crippen LogP contribution >= 0.6 is 11.6 Å². The monoisotopic (exact) mass is 338 g/mol. The summed E-state index contributed by atoms with van der Waals surface area (Å²) in [6.45, 7) is 1.50. The summed E-state index contributed by atoms with van der Waals surface area (Å²) in [4.78, 5) is 34.0. The molecule has 1 heterocycles. The Hall–Kier alpha value is -2.61. The fourth-order valence-corrected chi connectivity index (χ4v) is 2.77. The van der Waals surface area contributed by atoms with E-state index >= 15 is 0 Å². The Labute approximate surface area is 134 Å². The Balaban J connectivity index is 2.47. The molecule has 1 saturated carbocycles. The highest BCUT2D eigenvalue weighted by Gasteiger charge is 2.31. The summed E-state index contributed by atoms with van der Waals surface area (Å²) in [5.41, 5.74) is -0.602. The lowest BCUT2D eigenvalue weighted by Crippen LogP contribution is -2.17. The zero-order valence-corrected chi connectivity index (χ0v) is 12.7. The molecule has 0 amide bonds. The zero-order chi connectivity index (χ0) is 16.9. The average Bonchev–Trinajstić information content (AvgIpc) is 3.27. The van der Waals surface area contributed by atoms with Crippen LogP contribution < -0.4 is 10.2 Å². The van der Waals surface area contributed by atoms with Gasteiger partial charge in [-0.2, -0.15) is 0 Å². The van der Waals surface area contributed by atoms with Gasteiger partial charge in [-0.05, 0) is 25.8 Å². The summed E-state index contributed by atoms with van der Waals surface area (Å²) in [6.07, 6.45) is 1.15. The fraction of sp³-hybridized carbons (Fsp3) is 0.286. The molecule has 120 valence electrons. The third-order valence-electron chi connectivity index (χ3n) is 3.77. The highest BCUT2D eigenvalue weighted by atomic mass is 35.5. The summed E-state index contributed by atoms with van der Waals surface area (Å²) >= 11 is 6.00. The molecule has 1 aliphatic carbocycles. The highest BCUT2D eigenvalue weighted by Crippen LogP contribution is 2.42. The minimum Gasteiger partial charge on any atom is -0.449 e. The number of halogens is 1. The Morgan fingerprint density at radius 2 is 2.17 bits per heavy atom. The van der Waals surface area contributed by atoms with Gasteiger partial charge in [0.15, 0.2) is 5.75 Å². The zero-order valence-electron chi connectivity index (χ0n) is 11.9. The first-order valence-electron chi connectivity index (χ1n) is 6.74. The Kier molecular flexibility index (Phi) is 3.48. The maximum Gasteiger partial charge on any atom is 0.511 e. The molecule has 8 nitrogen and oxygen atoms in total. The largest absolute Gasteiger partial charge is 0.511 e. The second-order valence-corrected chi connectivity index (χ2v) is 5.72. The smallest absolute Gasteiger partial charge is 0.449 e. The van der Waals surface area contributed by atoms with Crippen molar-refractivity contribution in [2.45, 2.75) is 25.8 Å². The maximum atomic E-state index is 12.4. The maximum absolute atomic E-state index is 12.4. The molecule has 23 heavy (non-hydrogen) atoms. The van der Waals surface area contributed by atoms with E-state index in [9.17, 15) is 19.7 Å². The van der Waals surface area contributed by atoms with Crippen LogP contribution in [0.2, 0.25) is 5.02 Å². The lowest BCUT2D eigenvalue weighted by Gasteiger charge is -2.14. The normalized spacial score (nSPS) is 14.0. The lowest BCUT2D eigenvalue weighted by atomic mass is 10.1. The van der Waals surface area contributed by atoms with Crippen LogP contribution in [0.15, 0.2) is 17.1 Å². The van der Waals surface area contributed by atoms with Gasteiger partial charge in [-0.3, -0.25) is 14.9 Å². The van der Waals surface area contributed by atoms with Crippen LogP contribution in [0.4, 0.5) is 10.5 Å². The minimum atomic E-state index is -1.63. The van der Waals surface area contributed by atoms with Gasteiger partial charge in [0.2, 0.25) is 5.43 Å². The molecule has 3 rings (SSSR count). The van der Waals surface area contributed by atoms with Gasteiger partial charge < -0.3 is 14.4 Å². The molecule has 0 radical (unpaired) electrons. The number of hydrogen-bond donors (Lipinski definition) is 1. The molecule has 0 unspecified atom stereocenters. The molecule has 0 saturated heterocycles. The summed E-state index contributed by atoms with van der Waals surface area (Å²) in [5, 5.41) is 20.2. The van der Waals surface area contributed by atoms with Gasteiger partial charge in [-0.15, -0.1) is 0 Å². The molecular formula is C14H11ClN2O6. The van der Waals surface area contributed by atoms with Gasteiger partial charge >= 0.3 is 6.16 Å². The van der Waals surface area contributed by atoms with Gasteiger partial charge in [0.25, 0.3) is 5.69 Å². The third kappa shape index (κ3) is 2.50. The molecule has 0 spiro atoms. The standard InChI is InChI=1S/C14H11ClN2O6/c1-6-9(15)4-8-12(11(6)17(21)22)16(7-2-3-7)5-10(13(8)18)23-14(19)20/h4-5,7H,2-3H2,1H3,(H,19,20). The van der Waals surface area contributed by atoms with Crippen molar-refractivity contribution in [2.75, 3.05) is 0 Å². The van der Waals surface area contributed by atoms with Crippen molar-refractivity contribution in [3.8, 4) is 5.75 Å². The topological polar surface area (TPSA) is 112 Å². The summed E-state index contributed by atoms with van der Waals surface area (Å²) < 4.78 is 6.05. The van der Waals surface area contributed by atoms with E-state index in [4.69, 9.17) is 16.7 Å².